The Kier molecular flexibility index (Phi) is 5.72. The van der Waals surface area contributed by atoms with Crippen LogP contribution in [0.15, 0.2) is 0 Å². The van der Waals surface area contributed by atoms with Crippen molar-refractivity contribution in [3.63, 3.8) is 0 Å². The minimum atomic E-state index is -4.06. The van der Waals surface area contributed by atoms with Gasteiger partial charge in [0, 0.05) is 12.1 Å². The highest BCUT2D eigenvalue weighted by Gasteiger charge is 2.32. The van der Waals surface area contributed by atoms with Gasteiger partial charge in [-0.25, -0.2) is 0 Å². The molecule has 3 unspecified atom stereocenters. The molecule has 19 heavy (non-hydrogen) atoms. The number of hydrogen-bond donors (Lipinski definition) is 1. The third-order valence-corrected chi connectivity index (χ3v) is 4.25. The van der Waals surface area contributed by atoms with E-state index in [4.69, 9.17) is 0 Å². The second-order valence-corrected chi connectivity index (χ2v) is 7.16. The first-order valence-electron chi connectivity index (χ1n) is 7.41. The summed E-state index contributed by atoms with van der Waals surface area (Å²) in [4.78, 5) is 0. The molecule has 4 heteroatoms. The van der Waals surface area contributed by atoms with Crippen LogP contribution in [0.1, 0.15) is 66.2 Å². The van der Waals surface area contributed by atoms with Crippen LogP contribution in [0.5, 0.6) is 0 Å². The first kappa shape index (κ1) is 16.8. The molecule has 1 aliphatic rings. The van der Waals surface area contributed by atoms with Gasteiger partial charge in [0.2, 0.25) is 0 Å². The maximum absolute atomic E-state index is 12.3. The first-order valence-corrected chi connectivity index (χ1v) is 7.41. The lowest BCUT2D eigenvalue weighted by Gasteiger charge is -2.30. The fourth-order valence-electron chi connectivity index (χ4n) is 3.14. The maximum atomic E-state index is 12.3. The lowest BCUT2D eigenvalue weighted by Crippen LogP contribution is -2.39. The minimum absolute atomic E-state index is 0.254. The van der Waals surface area contributed by atoms with Crippen molar-refractivity contribution in [2.45, 2.75) is 84.5 Å². The van der Waals surface area contributed by atoms with Crippen LogP contribution in [0.25, 0.3) is 0 Å². The molecule has 3 atom stereocenters. The van der Waals surface area contributed by atoms with Gasteiger partial charge < -0.3 is 5.32 Å². The predicted octanol–water partition coefficient (Wildman–Crippen LogP) is 4.91. The summed E-state index contributed by atoms with van der Waals surface area (Å²) >= 11 is 0. The van der Waals surface area contributed by atoms with Gasteiger partial charge in [0.05, 0.1) is 6.42 Å². The van der Waals surface area contributed by atoms with Gasteiger partial charge in [0.1, 0.15) is 0 Å². The number of alkyl halides is 3. The highest BCUT2D eigenvalue weighted by Crippen LogP contribution is 2.37. The van der Waals surface area contributed by atoms with E-state index in [0.717, 1.165) is 25.7 Å². The summed E-state index contributed by atoms with van der Waals surface area (Å²) < 4.78 is 37.0. The molecule has 0 radical (unpaired) electrons. The zero-order valence-corrected chi connectivity index (χ0v) is 12.6. The topological polar surface area (TPSA) is 12.0 Å². The molecule has 0 amide bonds. The summed E-state index contributed by atoms with van der Waals surface area (Å²) in [7, 11) is 0. The molecule has 1 rings (SSSR count). The molecular weight excluding hydrogens is 251 g/mol. The minimum Gasteiger partial charge on any atom is -0.311 e. The summed E-state index contributed by atoms with van der Waals surface area (Å²) in [6, 6.07) is -0.221. The number of nitrogens with one attached hydrogen (secondary N) is 1. The van der Waals surface area contributed by atoms with Crippen molar-refractivity contribution in [2.75, 3.05) is 0 Å². The predicted molar refractivity (Wildman–Crippen MR) is 73.1 cm³/mol. The Labute approximate surface area is 115 Å². The normalized spacial score (nSPS) is 27.9. The van der Waals surface area contributed by atoms with E-state index in [1.807, 2.05) is 0 Å². The van der Waals surface area contributed by atoms with Crippen LogP contribution in [0.3, 0.4) is 0 Å². The van der Waals surface area contributed by atoms with E-state index in [9.17, 15) is 13.2 Å². The van der Waals surface area contributed by atoms with Gasteiger partial charge in [0.15, 0.2) is 0 Å². The van der Waals surface area contributed by atoms with Crippen LogP contribution in [-0.4, -0.2) is 18.3 Å². The summed E-state index contributed by atoms with van der Waals surface area (Å²) in [6.45, 7) is 8.42. The van der Waals surface area contributed by atoms with Crippen molar-refractivity contribution in [1.29, 1.82) is 0 Å². The molecule has 0 bridgehead atoms. The molecule has 1 aliphatic carbocycles. The Bertz CT molecular complexity index is 268. The van der Waals surface area contributed by atoms with Gasteiger partial charge in [-0.2, -0.15) is 13.2 Å². The van der Waals surface area contributed by atoms with E-state index in [2.05, 4.69) is 26.1 Å². The molecule has 0 aromatic rings. The monoisotopic (exact) mass is 279 g/mol. The number of hydrogen-bond acceptors (Lipinski definition) is 1. The Balaban J connectivity index is 2.41. The zero-order chi connectivity index (χ0) is 14.7. The lowest BCUT2D eigenvalue weighted by atomic mass is 9.76. The maximum Gasteiger partial charge on any atom is 0.390 e. The summed E-state index contributed by atoms with van der Waals surface area (Å²) in [5.74, 6) is 0.692. The molecular formula is C15H28F3N. The SMILES string of the molecule is CC(CC(F)(F)F)NC1CCCC(C(C)(C)C)CC1. The number of halogens is 3. The Morgan fingerprint density at radius 3 is 2.21 bits per heavy atom. The summed E-state index contributed by atoms with van der Waals surface area (Å²) in [5, 5.41) is 3.17. The van der Waals surface area contributed by atoms with Crippen molar-refractivity contribution >= 4 is 0 Å². The van der Waals surface area contributed by atoms with E-state index in [1.54, 1.807) is 6.92 Å². The third-order valence-electron chi connectivity index (χ3n) is 4.25. The van der Waals surface area contributed by atoms with Gasteiger partial charge >= 0.3 is 6.18 Å². The van der Waals surface area contributed by atoms with Crippen molar-refractivity contribution in [3.05, 3.63) is 0 Å². The van der Waals surface area contributed by atoms with Crippen molar-refractivity contribution in [2.24, 2.45) is 11.3 Å². The van der Waals surface area contributed by atoms with Gasteiger partial charge in [-0.1, -0.05) is 27.2 Å². The van der Waals surface area contributed by atoms with Gasteiger partial charge in [-0.05, 0) is 43.9 Å². The quantitative estimate of drug-likeness (QED) is 0.724. The molecule has 0 heterocycles. The third kappa shape index (κ3) is 6.64. The zero-order valence-electron chi connectivity index (χ0n) is 12.6. The molecule has 0 spiro atoms. The molecule has 114 valence electrons. The molecule has 1 nitrogen and oxygen atoms in total. The van der Waals surface area contributed by atoms with E-state index >= 15 is 0 Å². The smallest absolute Gasteiger partial charge is 0.311 e. The highest BCUT2D eigenvalue weighted by atomic mass is 19.4. The fourth-order valence-corrected chi connectivity index (χ4v) is 3.14. The van der Waals surface area contributed by atoms with Gasteiger partial charge in [-0.3, -0.25) is 0 Å². The standard InChI is InChI=1S/C15H28F3N/c1-11(10-15(16,17)18)19-13-7-5-6-12(8-9-13)14(2,3)4/h11-13,19H,5-10H2,1-4H3. The average molecular weight is 279 g/mol. The highest BCUT2D eigenvalue weighted by molar-refractivity contribution is 4.82. The fraction of sp³-hybridized carbons (Fsp3) is 1.00. The van der Waals surface area contributed by atoms with Crippen LogP contribution in [0.4, 0.5) is 13.2 Å². The molecule has 0 saturated heterocycles. The second-order valence-electron chi connectivity index (χ2n) is 7.16. The Hall–Kier alpha value is -0.250. The van der Waals surface area contributed by atoms with E-state index in [1.165, 1.54) is 6.42 Å². The van der Waals surface area contributed by atoms with Crippen LogP contribution in [-0.2, 0) is 0 Å². The molecule has 0 aromatic heterocycles. The van der Waals surface area contributed by atoms with Gasteiger partial charge in [0.25, 0.3) is 0 Å². The first-order chi connectivity index (χ1) is 8.58. The van der Waals surface area contributed by atoms with Gasteiger partial charge in [-0.15, -0.1) is 0 Å². The van der Waals surface area contributed by atoms with Crippen LogP contribution in [0.2, 0.25) is 0 Å². The van der Waals surface area contributed by atoms with Crippen LogP contribution < -0.4 is 5.32 Å². The molecule has 0 aliphatic heterocycles. The second kappa shape index (κ2) is 6.47. The molecule has 1 fully saturated rings. The van der Waals surface area contributed by atoms with E-state index in [0.29, 0.717) is 11.3 Å². The van der Waals surface area contributed by atoms with Crippen LogP contribution >= 0.6 is 0 Å². The van der Waals surface area contributed by atoms with E-state index in [-0.39, 0.29) is 6.04 Å². The Morgan fingerprint density at radius 1 is 1.05 bits per heavy atom. The summed E-state index contributed by atoms with van der Waals surface area (Å²) in [6.07, 6.45) is 0.670. The average Bonchev–Trinajstić information content (AvgIpc) is 2.38. The number of rotatable bonds is 3. The van der Waals surface area contributed by atoms with Crippen molar-refractivity contribution in [1.82, 2.24) is 5.32 Å². The van der Waals surface area contributed by atoms with Crippen molar-refractivity contribution < 1.29 is 13.2 Å². The molecule has 1 N–H and O–H groups in total. The Morgan fingerprint density at radius 2 is 1.68 bits per heavy atom. The lowest BCUT2D eigenvalue weighted by molar-refractivity contribution is -0.139. The van der Waals surface area contributed by atoms with Crippen molar-refractivity contribution in [3.8, 4) is 0 Å². The molecule has 1 saturated carbocycles. The van der Waals surface area contributed by atoms with E-state index < -0.39 is 18.6 Å². The van der Waals surface area contributed by atoms with Crippen LogP contribution in [0, 0.1) is 11.3 Å². The molecule has 0 aromatic carbocycles. The largest absolute Gasteiger partial charge is 0.390 e. The summed E-state index contributed by atoms with van der Waals surface area (Å²) in [5.41, 5.74) is 0.312.